The summed E-state index contributed by atoms with van der Waals surface area (Å²) in [6.07, 6.45) is 1.41. The number of hydrogen-bond donors (Lipinski definition) is 3. The lowest BCUT2D eigenvalue weighted by atomic mass is 10.1. The summed E-state index contributed by atoms with van der Waals surface area (Å²) in [5, 5.41) is 8.76. The van der Waals surface area contributed by atoms with Crippen molar-refractivity contribution >= 4 is 28.9 Å². The summed E-state index contributed by atoms with van der Waals surface area (Å²) in [4.78, 5) is 20.6. The lowest BCUT2D eigenvalue weighted by molar-refractivity contribution is 0.262. The van der Waals surface area contributed by atoms with Gasteiger partial charge in [-0.25, -0.2) is 14.8 Å². The highest BCUT2D eigenvalue weighted by molar-refractivity contribution is 5.99. The molecule has 3 aromatic carbocycles. The lowest BCUT2D eigenvalue weighted by Crippen LogP contribution is -2.19. The van der Waals surface area contributed by atoms with E-state index in [4.69, 9.17) is 14.2 Å². The van der Waals surface area contributed by atoms with E-state index in [1.54, 1.807) is 44.6 Å². The Bertz CT molecular complexity index is 1270. The van der Waals surface area contributed by atoms with Gasteiger partial charge in [-0.15, -0.1) is 0 Å². The van der Waals surface area contributed by atoms with Crippen LogP contribution in [0.4, 0.5) is 27.7 Å². The first kappa shape index (κ1) is 23.4. The lowest BCUT2D eigenvalue weighted by Gasteiger charge is -2.14. The molecule has 0 saturated heterocycles. The van der Waals surface area contributed by atoms with Crippen molar-refractivity contribution in [2.45, 2.75) is 6.92 Å². The van der Waals surface area contributed by atoms with Crippen LogP contribution >= 0.6 is 0 Å². The smallest absolute Gasteiger partial charge is 0.323 e. The third-order valence-electron chi connectivity index (χ3n) is 5.03. The van der Waals surface area contributed by atoms with E-state index in [0.29, 0.717) is 40.3 Å². The van der Waals surface area contributed by atoms with Crippen LogP contribution in [0.5, 0.6) is 23.1 Å². The summed E-state index contributed by atoms with van der Waals surface area (Å²) in [5.74, 6) is 2.85. The van der Waals surface area contributed by atoms with Crippen LogP contribution in [0.1, 0.15) is 5.56 Å². The quantitative estimate of drug-likeness (QED) is 0.290. The highest BCUT2D eigenvalue weighted by atomic mass is 16.5. The molecule has 0 aliphatic rings. The maximum atomic E-state index is 12.2. The van der Waals surface area contributed by atoms with E-state index in [0.717, 1.165) is 11.3 Å². The molecule has 1 heterocycles. The zero-order valence-electron chi connectivity index (χ0n) is 19.5. The number of anilines is 4. The third-order valence-corrected chi connectivity index (χ3v) is 5.03. The minimum absolute atomic E-state index is 0.333. The Morgan fingerprint density at radius 1 is 0.771 bits per heavy atom. The minimum atomic E-state index is -0.333. The Morgan fingerprint density at radius 2 is 1.40 bits per heavy atom. The fourth-order valence-corrected chi connectivity index (χ4v) is 3.31. The highest BCUT2D eigenvalue weighted by Crippen LogP contribution is 2.33. The number of hydrogen-bond acceptors (Lipinski definition) is 7. The van der Waals surface area contributed by atoms with Crippen molar-refractivity contribution < 1.29 is 19.0 Å². The predicted octanol–water partition coefficient (Wildman–Crippen LogP) is 5.98. The van der Waals surface area contributed by atoms with Gasteiger partial charge in [0, 0.05) is 40.8 Å². The molecule has 0 aliphatic heterocycles. The van der Waals surface area contributed by atoms with Gasteiger partial charge in [0.1, 0.15) is 29.4 Å². The fourth-order valence-electron chi connectivity index (χ4n) is 3.31. The number of nitrogens with zero attached hydrogens (tertiary/aromatic N) is 2. The average Bonchev–Trinajstić information content (AvgIpc) is 2.87. The number of rotatable bonds is 8. The molecule has 0 saturated carbocycles. The van der Waals surface area contributed by atoms with Gasteiger partial charge in [-0.2, -0.15) is 0 Å². The summed E-state index contributed by atoms with van der Waals surface area (Å²) >= 11 is 0. The van der Waals surface area contributed by atoms with Gasteiger partial charge in [0.25, 0.3) is 0 Å². The monoisotopic (exact) mass is 471 g/mol. The summed E-state index contributed by atoms with van der Waals surface area (Å²) in [6, 6.07) is 21.2. The van der Waals surface area contributed by atoms with Gasteiger partial charge in [-0.1, -0.05) is 18.2 Å². The van der Waals surface area contributed by atoms with Gasteiger partial charge in [-0.3, -0.25) is 0 Å². The molecule has 4 aromatic rings. The van der Waals surface area contributed by atoms with Crippen LogP contribution in [0.2, 0.25) is 0 Å². The molecule has 0 radical (unpaired) electrons. The average molecular weight is 472 g/mol. The van der Waals surface area contributed by atoms with Crippen molar-refractivity contribution in [3.63, 3.8) is 0 Å². The Kier molecular flexibility index (Phi) is 7.27. The molecule has 0 atom stereocenters. The first-order chi connectivity index (χ1) is 17.0. The number of nitrogens with one attached hydrogen (secondary N) is 3. The Morgan fingerprint density at radius 3 is 2.03 bits per heavy atom. The Hall–Kier alpha value is -4.79. The van der Waals surface area contributed by atoms with Gasteiger partial charge in [-0.05, 0) is 43.3 Å². The molecule has 3 N–H and O–H groups in total. The zero-order chi connectivity index (χ0) is 24.6. The highest BCUT2D eigenvalue weighted by Gasteiger charge is 2.10. The first-order valence-electron chi connectivity index (χ1n) is 10.8. The van der Waals surface area contributed by atoms with Crippen molar-refractivity contribution in [1.29, 1.82) is 0 Å². The molecule has 9 nitrogen and oxygen atoms in total. The Labute approximate surface area is 203 Å². The summed E-state index contributed by atoms with van der Waals surface area (Å²) in [5.41, 5.74) is 2.99. The van der Waals surface area contributed by atoms with Crippen LogP contribution in [0.15, 0.2) is 79.1 Å². The van der Waals surface area contributed by atoms with Crippen LogP contribution in [-0.4, -0.2) is 30.2 Å². The van der Waals surface area contributed by atoms with Gasteiger partial charge < -0.3 is 30.2 Å². The number of ether oxygens (including phenoxy) is 3. The van der Waals surface area contributed by atoms with Crippen LogP contribution in [-0.2, 0) is 0 Å². The molecular formula is C26H25N5O4. The van der Waals surface area contributed by atoms with Gasteiger partial charge in [0.2, 0.25) is 5.88 Å². The molecule has 35 heavy (non-hydrogen) atoms. The van der Waals surface area contributed by atoms with Crippen LogP contribution in [0.25, 0.3) is 0 Å². The molecular weight excluding hydrogens is 446 g/mol. The molecule has 9 heteroatoms. The number of amides is 2. The van der Waals surface area contributed by atoms with E-state index < -0.39 is 0 Å². The van der Waals surface area contributed by atoms with Gasteiger partial charge in [0.05, 0.1) is 14.2 Å². The fraction of sp³-hybridized carbons (Fsp3) is 0.115. The van der Waals surface area contributed by atoms with E-state index >= 15 is 0 Å². The summed E-state index contributed by atoms with van der Waals surface area (Å²) in [7, 11) is 3.22. The molecule has 1 aromatic heterocycles. The van der Waals surface area contributed by atoms with Crippen molar-refractivity contribution in [3.8, 4) is 23.1 Å². The molecule has 0 spiro atoms. The van der Waals surface area contributed by atoms with Crippen LogP contribution < -0.4 is 30.2 Å². The van der Waals surface area contributed by atoms with E-state index in [2.05, 4.69) is 25.9 Å². The van der Waals surface area contributed by atoms with Crippen molar-refractivity contribution in [1.82, 2.24) is 9.97 Å². The second kappa shape index (κ2) is 10.9. The van der Waals surface area contributed by atoms with Gasteiger partial charge in [0.15, 0.2) is 0 Å². The maximum absolute atomic E-state index is 12.2. The largest absolute Gasteiger partial charge is 0.496 e. The molecule has 2 amide bonds. The SMILES string of the molecule is COc1cc(Nc2cc(Oc3ccc(NC(=O)Nc4ccccc4)cc3)ncn2)cc(OC)c1C. The molecule has 4 rings (SSSR count). The number of aromatic nitrogens is 2. The van der Waals surface area contributed by atoms with Crippen LogP contribution in [0.3, 0.4) is 0 Å². The minimum Gasteiger partial charge on any atom is -0.496 e. The van der Waals surface area contributed by atoms with Crippen LogP contribution in [0, 0.1) is 6.92 Å². The standard InChI is InChI=1S/C26H25N5O4/c1-17-22(33-2)13-20(14-23(17)34-3)29-24-15-25(28-16-27-24)35-21-11-9-19(10-12-21)31-26(32)30-18-7-5-4-6-8-18/h4-16H,1-3H3,(H,27,28,29)(H2,30,31,32). The second-order valence-electron chi connectivity index (χ2n) is 7.44. The molecule has 178 valence electrons. The second-order valence-corrected chi connectivity index (χ2v) is 7.44. The topological polar surface area (TPSA) is 107 Å². The molecule has 0 aliphatic carbocycles. The molecule has 0 unspecified atom stereocenters. The zero-order valence-corrected chi connectivity index (χ0v) is 19.5. The van der Waals surface area contributed by atoms with Gasteiger partial charge >= 0.3 is 6.03 Å². The molecule has 0 fully saturated rings. The summed E-state index contributed by atoms with van der Waals surface area (Å²) < 4.78 is 16.7. The van der Waals surface area contributed by atoms with Crippen molar-refractivity contribution in [2.24, 2.45) is 0 Å². The van der Waals surface area contributed by atoms with E-state index in [1.165, 1.54) is 6.33 Å². The van der Waals surface area contributed by atoms with E-state index in [-0.39, 0.29) is 6.03 Å². The Balaban J connectivity index is 1.39. The first-order valence-corrected chi connectivity index (χ1v) is 10.8. The number of para-hydroxylation sites is 1. The number of urea groups is 1. The predicted molar refractivity (Wildman–Crippen MR) is 135 cm³/mol. The third kappa shape index (κ3) is 6.17. The number of carbonyl (C=O) groups is 1. The number of methoxy groups -OCH3 is 2. The normalized spacial score (nSPS) is 10.3. The van der Waals surface area contributed by atoms with Crippen molar-refractivity contribution in [2.75, 3.05) is 30.2 Å². The van der Waals surface area contributed by atoms with E-state index in [1.807, 2.05) is 49.4 Å². The summed E-state index contributed by atoms with van der Waals surface area (Å²) in [6.45, 7) is 1.93. The number of carbonyl (C=O) groups excluding carboxylic acids is 1. The van der Waals surface area contributed by atoms with E-state index in [9.17, 15) is 4.79 Å². The maximum Gasteiger partial charge on any atom is 0.323 e. The van der Waals surface area contributed by atoms with Crippen molar-refractivity contribution in [3.05, 3.63) is 84.7 Å². The number of benzene rings is 3. The molecule has 0 bridgehead atoms.